The van der Waals surface area contributed by atoms with E-state index in [-0.39, 0.29) is 28.0 Å². The number of phosphoric acid groups is 1. The largest absolute Gasteiger partial charge is 0.524 e. The van der Waals surface area contributed by atoms with Gasteiger partial charge in [-0.1, -0.05) is 6.07 Å². The van der Waals surface area contributed by atoms with Crippen LogP contribution >= 0.6 is 7.82 Å². The minimum absolute atomic E-state index is 0.0240. The van der Waals surface area contributed by atoms with Crippen LogP contribution in [-0.4, -0.2) is 19.8 Å². The van der Waals surface area contributed by atoms with Crippen molar-refractivity contribution in [3.8, 4) is 11.5 Å². The maximum absolute atomic E-state index is 10.9. The second-order valence-electron chi connectivity index (χ2n) is 3.62. The summed E-state index contributed by atoms with van der Waals surface area (Å²) in [7, 11) is -4.83. The highest BCUT2D eigenvalue weighted by molar-refractivity contribution is 7.46. The van der Waals surface area contributed by atoms with Gasteiger partial charge in [-0.15, -0.1) is 0 Å². The first-order valence-corrected chi connectivity index (χ1v) is 6.47. The van der Waals surface area contributed by atoms with E-state index in [4.69, 9.17) is 9.79 Å². The van der Waals surface area contributed by atoms with Crippen LogP contribution in [0, 0.1) is 10.1 Å². The third-order valence-electron chi connectivity index (χ3n) is 2.37. The van der Waals surface area contributed by atoms with Crippen LogP contribution in [0.2, 0.25) is 0 Å². The molecule has 0 aliphatic heterocycles. The number of benzene rings is 2. The summed E-state index contributed by atoms with van der Waals surface area (Å²) in [4.78, 5) is 27.7. The smallest absolute Gasteiger partial charge is 0.507 e. The molecule has 0 heterocycles. The first-order valence-electron chi connectivity index (χ1n) is 4.94. The molecule has 0 atom stereocenters. The summed E-state index contributed by atoms with van der Waals surface area (Å²) in [6.45, 7) is 0. The molecular formula is C10H8NO7P. The Kier molecular flexibility index (Phi) is 3.15. The van der Waals surface area contributed by atoms with Gasteiger partial charge < -0.3 is 9.63 Å². The number of hydrogen-bond donors (Lipinski definition) is 3. The molecule has 100 valence electrons. The number of fused-ring (bicyclic) bond motifs is 1. The van der Waals surface area contributed by atoms with Crippen molar-refractivity contribution in [3.63, 3.8) is 0 Å². The van der Waals surface area contributed by atoms with Crippen LogP contribution < -0.4 is 4.52 Å². The normalized spacial score (nSPS) is 11.5. The Morgan fingerprint density at radius 3 is 2.47 bits per heavy atom. The topological polar surface area (TPSA) is 130 Å². The average Bonchev–Trinajstić information content (AvgIpc) is 2.26. The Morgan fingerprint density at radius 2 is 1.89 bits per heavy atom. The molecule has 0 unspecified atom stereocenters. The molecule has 0 fully saturated rings. The lowest BCUT2D eigenvalue weighted by Crippen LogP contribution is -1.94. The Labute approximate surface area is 106 Å². The Hall–Kier alpha value is -2.15. The number of nitro groups is 1. The Balaban J connectivity index is 2.78. The first-order chi connectivity index (χ1) is 8.79. The third kappa shape index (κ3) is 2.65. The maximum Gasteiger partial charge on any atom is 0.524 e. The van der Waals surface area contributed by atoms with Gasteiger partial charge in [0.1, 0.15) is 11.5 Å². The number of non-ortho nitro benzene ring substituents is 1. The highest BCUT2D eigenvalue weighted by atomic mass is 31.2. The Bertz CT molecular complexity index is 708. The monoisotopic (exact) mass is 285 g/mol. The zero-order chi connectivity index (χ0) is 14.2. The van der Waals surface area contributed by atoms with Crippen LogP contribution in [0.3, 0.4) is 0 Å². The molecule has 2 aromatic carbocycles. The fourth-order valence-corrected chi connectivity index (χ4v) is 2.11. The van der Waals surface area contributed by atoms with Crippen LogP contribution in [-0.2, 0) is 4.57 Å². The summed E-state index contributed by atoms with van der Waals surface area (Å²) in [5.74, 6) is -0.698. The molecule has 0 spiro atoms. The van der Waals surface area contributed by atoms with Crippen molar-refractivity contribution < 1.29 is 28.9 Å². The number of rotatable bonds is 3. The van der Waals surface area contributed by atoms with Crippen LogP contribution in [0.5, 0.6) is 11.5 Å². The molecule has 0 bridgehead atoms. The molecule has 19 heavy (non-hydrogen) atoms. The van der Waals surface area contributed by atoms with Gasteiger partial charge in [0.15, 0.2) is 0 Å². The number of phenols is 1. The summed E-state index contributed by atoms with van der Waals surface area (Å²) in [5, 5.41) is 20.5. The minimum Gasteiger partial charge on any atom is -0.507 e. The van der Waals surface area contributed by atoms with Crippen molar-refractivity contribution in [2.24, 2.45) is 0 Å². The van der Waals surface area contributed by atoms with Crippen molar-refractivity contribution in [3.05, 3.63) is 40.4 Å². The van der Waals surface area contributed by atoms with Crippen LogP contribution in [0.15, 0.2) is 30.3 Å². The van der Waals surface area contributed by atoms with E-state index in [0.717, 1.165) is 12.1 Å². The van der Waals surface area contributed by atoms with E-state index in [9.17, 15) is 19.8 Å². The number of hydrogen-bond acceptors (Lipinski definition) is 5. The van der Waals surface area contributed by atoms with E-state index >= 15 is 0 Å². The lowest BCUT2D eigenvalue weighted by molar-refractivity contribution is -0.383. The van der Waals surface area contributed by atoms with Gasteiger partial charge >= 0.3 is 7.82 Å². The van der Waals surface area contributed by atoms with Gasteiger partial charge in [-0.25, -0.2) is 4.57 Å². The van der Waals surface area contributed by atoms with Gasteiger partial charge in [0.05, 0.1) is 15.7 Å². The quantitative estimate of drug-likeness (QED) is 0.446. The van der Waals surface area contributed by atoms with Crippen LogP contribution in [0.25, 0.3) is 10.8 Å². The molecule has 0 amide bonds. The lowest BCUT2D eigenvalue weighted by atomic mass is 10.1. The molecule has 0 saturated heterocycles. The third-order valence-corrected chi connectivity index (χ3v) is 2.81. The number of phenolic OH excluding ortho intramolecular Hbond substituents is 1. The highest BCUT2D eigenvalue weighted by Gasteiger charge is 2.22. The SMILES string of the molecule is O=[N+]([O-])c1ccc(O)c2c(OP(=O)(O)O)cccc12. The predicted octanol–water partition coefficient (Wildman–Crippen LogP) is 1.93. The van der Waals surface area contributed by atoms with Gasteiger partial charge in [-0.3, -0.25) is 19.9 Å². The van der Waals surface area contributed by atoms with Gasteiger partial charge in [0.2, 0.25) is 0 Å². The zero-order valence-corrected chi connectivity index (χ0v) is 10.2. The second kappa shape index (κ2) is 4.51. The molecule has 0 aliphatic rings. The molecule has 8 nitrogen and oxygen atoms in total. The van der Waals surface area contributed by atoms with E-state index < -0.39 is 12.7 Å². The predicted molar refractivity (Wildman–Crippen MR) is 64.9 cm³/mol. The molecule has 3 N–H and O–H groups in total. The zero-order valence-electron chi connectivity index (χ0n) is 9.26. The number of nitro benzene ring substituents is 1. The molecule has 2 aromatic rings. The maximum atomic E-state index is 10.9. The Morgan fingerprint density at radius 1 is 1.21 bits per heavy atom. The fourth-order valence-electron chi connectivity index (χ4n) is 1.70. The van der Waals surface area contributed by atoms with Crippen molar-refractivity contribution >= 4 is 24.3 Å². The van der Waals surface area contributed by atoms with E-state index in [1.54, 1.807) is 0 Å². The molecule has 0 aromatic heterocycles. The molecule has 0 saturated carbocycles. The number of aromatic hydroxyl groups is 1. The molecule has 0 aliphatic carbocycles. The van der Waals surface area contributed by atoms with Crippen LogP contribution in [0.1, 0.15) is 0 Å². The van der Waals surface area contributed by atoms with E-state index in [0.29, 0.717) is 0 Å². The highest BCUT2D eigenvalue weighted by Crippen LogP contribution is 2.44. The lowest BCUT2D eigenvalue weighted by Gasteiger charge is -2.10. The van der Waals surface area contributed by atoms with Crippen molar-refractivity contribution in [1.29, 1.82) is 0 Å². The summed E-state index contributed by atoms with van der Waals surface area (Å²) in [6.07, 6.45) is 0. The second-order valence-corrected chi connectivity index (χ2v) is 4.79. The fraction of sp³-hybridized carbons (Fsp3) is 0. The van der Waals surface area contributed by atoms with E-state index in [2.05, 4.69) is 4.52 Å². The van der Waals surface area contributed by atoms with Gasteiger partial charge in [-0.05, 0) is 18.2 Å². The molecule has 0 radical (unpaired) electrons. The molecular weight excluding hydrogens is 277 g/mol. The number of nitrogens with zero attached hydrogens (tertiary/aromatic N) is 1. The van der Waals surface area contributed by atoms with Crippen molar-refractivity contribution in [2.45, 2.75) is 0 Å². The van der Waals surface area contributed by atoms with E-state index in [1.807, 2.05) is 0 Å². The van der Waals surface area contributed by atoms with Gasteiger partial charge in [0, 0.05) is 6.07 Å². The average molecular weight is 285 g/mol. The minimum atomic E-state index is -4.83. The summed E-state index contributed by atoms with van der Waals surface area (Å²) >= 11 is 0. The summed E-state index contributed by atoms with van der Waals surface area (Å²) in [6, 6.07) is 6.04. The van der Waals surface area contributed by atoms with E-state index in [1.165, 1.54) is 18.2 Å². The molecule has 9 heteroatoms. The van der Waals surface area contributed by atoms with Crippen LogP contribution in [0.4, 0.5) is 5.69 Å². The van der Waals surface area contributed by atoms with Gasteiger partial charge in [0.25, 0.3) is 5.69 Å². The van der Waals surface area contributed by atoms with Crippen molar-refractivity contribution in [2.75, 3.05) is 0 Å². The van der Waals surface area contributed by atoms with Crippen molar-refractivity contribution in [1.82, 2.24) is 0 Å². The van der Waals surface area contributed by atoms with Gasteiger partial charge in [-0.2, -0.15) is 0 Å². The molecule has 2 rings (SSSR count). The summed E-state index contributed by atoms with van der Waals surface area (Å²) in [5.41, 5.74) is -0.302. The first kappa shape index (κ1) is 13.3. The summed E-state index contributed by atoms with van der Waals surface area (Å²) < 4.78 is 15.2. The standard InChI is InChI=1S/C10H8NO7P/c12-8-5-4-7(11(13)14)6-2-1-3-9(10(6)8)18-19(15,16)17/h1-5,12H,(H2,15,16,17). The number of phosphoric ester groups is 1.